The number of benzene rings is 1. The van der Waals surface area contributed by atoms with Crippen molar-refractivity contribution in [1.29, 1.82) is 0 Å². The molecular weight excluding hydrogens is 370 g/mol. The Bertz CT molecular complexity index is 735. The number of amides is 1. The van der Waals surface area contributed by atoms with Crippen LogP contribution in [-0.4, -0.2) is 35.0 Å². The largest absolute Gasteiger partial charge is 0.481 e. The van der Waals surface area contributed by atoms with Gasteiger partial charge in [0.2, 0.25) is 0 Å². The highest BCUT2D eigenvalue weighted by Crippen LogP contribution is 2.22. The van der Waals surface area contributed by atoms with E-state index < -0.39 is 6.10 Å². The van der Waals surface area contributed by atoms with Crippen molar-refractivity contribution in [2.24, 2.45) is 5.92 Å². The van der Waals surface area contributed by atoms with Gasteiger partial charge in [0.15, 0.2) is 11.2 Å². The number of nitrogens with zero attached hydrogens (tertiary/aromatic N) is 2. The number of piperidine rings is 1. The fourth-order valence-corrected chi connectivity index (χ4v) is 3.90. The van der Waals surface area contributed by atoms with Crippen molar-refractivity contribution in [1.82, 2.24) is 9.88 Å². The summed E-state index contributed by atoms with van der Waals surface area (Å²) >= 11 is 7.30. The maximum atomic E-state index is 12.3. The van der Waals surface area contributed by atoms with Gasteiger partial charge in [-0.25, -0.2) is 4.98 Å². The number of carbonyl (C=O) groups is 1. The van der Waals surface area contributed by atoms with Gasteiger partial charge in [0.05, 0.1) is 5.69 Å². The number of nitrogens with one attached hydrogen (secondary N) is 1. The molecule has 1 amide bonds. The molecule has 0 bridgehead atoms. The lowest BCUT2D eigenvalue weighted by Gasteiger charge is -2.30. The Morgan fingerprint density at radius 2 is 2.23 bits per heavy atom. The molecule has 1 aromatic heterocycles. The fourth-order valence-electron chi connectivity index (χ4n) is 3.07. The first kappa shape index (κ1) is 19.1. The molecule has 1 N–H and O–H groups in total. The van der Waals surface area contributed by atoms with Gasteiger partial charge in [0.1, 0.15) is 5.75 Å². The minimum Gasteiger partial charge on any atom is -0.481 e. The summed E-state index contributed by atoms with van der Waals surface area (Å²) in [6.07, 6.45) is 1.93. The molecule has 3 rings (SSSR count). The van der Waals surface area contributed by atoms with Crippen molar-refractivity contribution in [2.45, 2.75) is 39.3 Å². The monoisotopic (exact) mass is 393 g/mol. The van der Waals surface area contributed by atoms with Gasteiger partial charge >= 0.3 is 0 Å². The number of thiazole rings is 1. The molecule has 140 valence electrons. The van der Waals surface area contributed by atoms with Crippen LogP contribution in [0.15, 0.2) is 29.6 Å². The summed E-state index contributed by atoms with van der Waals surface area (Å²) < 4.78 is 5.64. The predicted octanol–water partition coefficient (Wildman–Crippen LogP) is 4.43. The molecule has 1 fully saturated rings. The minimum absolute atomic E-state index is 0.215. The maximum Gasteiger partial charge on any atom is 0.266 e. The molecule has 1 aromatic carbocycles. The second kappa shape index (κ2) is 8.84. The van der Waals surface area contributed by atoms with E-state index in [0.29, 0.717) is 15.9 Å². The molecule has 0 spiro atoms. The van der Waals surface area contributed by atoms with E-state index >= 15 is 0 Å². The van der Waals surface area contributed by atoms with E-state index in [1.807, 2.05) is 5.38 Å². The van der Waals surface area contributed by atoms with Gasteiger partial charge in [-0.15, -0.1) is 11.3 Å². The quantitative estimate of drug-likeness (QED) is 0.788. The molecule has 2 atom stereocenters. The summed E-state index contributed by atoms with van der Waals surface area (Å²) in [7, 11) is 0. The van der Waals surface area contributed by atoms with Gasteiger partial charge in [0.25, 0.3) is 5.91 Å². The number of ether oxygens (including phenoxy) is 1. The van der Waals surface area contributed by atoms with Crippen LogP contribution >= 0.6 is 22.9 Å². The molecule has 1 aliphatic heterocycles. The van der Waals surface area contributed by atoms with E-state index in [1.54, 1.807) is 31.2 Å². The number of hydrogen-bond donors (Lipinski definition) is 1. The molecule has 2 aromatic rings. The third-order valence-electron chi connectivity index (χ3n) is 4.40. The Labute approximate surface area is 163 Å². The summed E-state index contributed by atoms with van der Waals surface area (Å²) in [5.41, 5.74) is 1.01. The first-order valence-electron chi connectivity index (χ1n) is 8.89. The van der Waals surface area contributed by atoms with Crippen LogP contribution in [0.5, 0.6) is 5.75 Å². The van der Waals surface area contributed by atoms with Crippen molar-refractivity contribution in [2.75, 3.05) is 18.4 Å². The van der Waals surface area contributed by atoms with Crippen LogP contribution in [0.2, 0.25) is 5.02 Å². The third-order valence-corrected chi connectivity index (χ3v) is 5.46. The molecule has 0 radical (unpaired) electrons. The van der Waals surface area contributed by atoms with E-state index in [-0.39, 0.29) is 5.91 Å². The SMILES string of the molecule is C[C@H]1CCCN(Cc2csc(NC(=O)[C@@H](C)Oc3ccc(Cl)cc3)n2)C1. The van der Waals surface area contributed by atoms with Gasteiger partial charge in [0, 0.05) is 23.5 Å². The van der Waals surface area contributed by atoms with Crippen molar-refractivity contribution in [3.63, 3.8) is 0 Å². The van der Waals surface area contributed by atoms with Gasteiger partial charge in [-0.1, -0.05) is 18.5 Å². The van der Waals surface area contributed by atoms with Crippen LogP contribution in [0.3, 0.4) is 0 Å². The summed E-state index contributed by atoms with van der Waals surface area (Å²) in [6, 6.07) is 6.95. The number of carbonyl (C=O) groups excluding carboxylic acids is 1. The maximum absolute atomic E-state index is 12.3. The Hall–Kier alpha value is -1.63. The standard InChI is InChI=1S/C19H24ClN3O2S/c1-13-4-3-9-23(10-13)11-16-12-26-19(21-16)22-18(24)14(2)25-17-7-5-15(20)6-8-17/h5-8,12-14H,3-4,9-11H2,1-2H3,(H,21,22,24)/t13-,14+/m0/s1. The zero-order valence-electron chi connectivity index (χ0n) is 15.1. The second-order valence-electron chi connectivity index (χ2n) is 6.83. The molecule has 1 saturated heterocycles. The van der Waals surface area contributed by atoms with Crippen LogP contribution in [-0.2, 0) is 11.3 Å². The van der Waals surface area contributed by atoms with Gasteiger partial charge in [-0.2, -0.15) is 0 Å². The van der Waals surface area contributed by atoms with E-state index in [0.717, 1.165) is 31.2 Å². The molecule has 2 heterocycles. The number of rotatable bonds is 6. The summed E-state index contributed by atoms with van der Waals surface area (Å²) in [5.74, 6) is 1.14. The molecule has 0 aliphatic carbocycles. The third kappa shape index (κ3) is 5.43. The van der Waals surface area contributed by atoms with Crippen molar-refractivity contribution < 1.29 is 9.53 Å². The molecule has 5 nitrogen and oxygen atoms in total. The molecule has 0 unspecified atom stereocenters. The van der Waals surface area contributed by atoms with Gasteiger partial charge in [-0.05, 0) is 56.5 Å². The molecule has 26 heavy (non-hydrogen) atoms. The van der Waals surface area contributed by atoms with Crippen molar-refractivity contribution in [3.8, 4) is 5.75 Å². The zero-order valence-corrected chi connectivity index (χ0v) is 16.6. The fraction of sp³-hybridized carbons (Fsp3) is 0.474. The van der Waals surface area contributed by atoms with Crippen LogP contribution in [0.25, 0.3) is 0 Å². The van der Waals surface area contributed by atoms with Crippen molar-refractivity contribution >= 4 is 34.0 Å². The average molecular weight is 394 g/mol. The van der Waals surface area contributed by atoms with Crippen molar-refractivity contribution in [3.05, 3.63) is 40.4 Å². The first-order valence-corrected chi connectivity index (χ1v) is 10.1. The normalized spacial score (nSPS) is 19.1. The van der Waals surface area contributed by atoms with E-state index in [2.05, 4.69) is 22.1 Å². The van der Waals surface area contributed by atoms with Crippen LogP contribution in [0, 0.1) is 5.92 Å². The lowest BCUT2D eigenvalue weighted by atomic mass is 10.0. The minimum atomic E-state index is -0.619. The van der Waals surface area contributed by atoms with Gasteiger partial charge < -0.3 is 4.74 Å². The molecule has 1 aliphatic rings. The van der Waals surface area contributed by atoms with Crippen LogP contribution in [0.4, 0.5) is 5.13 Å². The lowest BCUT2D eigenvalue weighted by Crippen LogP contribution is -2.33. The summed E-state index contributed by atoms with van der Waals surface area (Å²) in [5, 5.41) is 6.10. The van der Waals surface area contributed by atoms with E-state index in [4.69, 9.17) is 16.3 Å². The van der Waals surface area contributed by atoms with E-state index in [9.17, 15) is 4.79 Å². The summed E-state index contributed by atoms with van der Waals surface area (Å²) in [4.78, 5) is 19.3. The highest BCUT2D eigenvalue weighted by atomic mass is 35.5. The smallest absolute Gasteiger partial charge is 0.266 e. The van der Waals surface area contributed by atoms with Crippen LogP contribution in [0.1, 0.15) is 32.4 Å². The summed E-state index contributed by atoms with van der Waals surface area (Å²) in [6.45, 7) is 7.09. The Balaban J connectivity index is 1.51. The Morgan fingerprint density at radius 3 is 2.96 bits per heavy atom. The predicted molar refractivity (Wildman–Crippen MR) is 106 cm³/mol. The second-order valence-corrected chi connectivity index (χ2v) is 8.12. The number of anilines is 1. The van der Waals surface area contributed by atoms with Gasteiger partial charge in [-0.3, -0.25) is 15.0 Å². The molecular formula is C19H24ClN3O2S. The lowest BCUT2D eigenvalue weighted by molar-refractivity contribution is -0.122. The molecule has 7 heteroatoms. The Kier molecular flexibility index (Phi) is 6.51. The zero-order chi connectivity index (χ0) is 18.5. The number of halogens is 1. The van der Waals surface area contributed by atoms with Crippen LogP contribution < -0.4 is 10.1 Å². The Morgan fingerprint density at radius 1 is 1.46 bits per heavy atom. The van der Waals surface area contributed by atoms with E-state index in [1.165, 1.54) is 24.2 Å². The number of aromatic nitrogens is 1. The highest BCUT2D eigenvalue weighted by molar-refractivity contribution is 7.13. The average Bonchev–Trinajstić information content (AvgIpc) is 3.03. The highest BCUT2D eigenvalue weighted by Gasteiger charge is 2.19. The number of hydrogen-bond acceptors (Lipinski definition) is 5. The molecule has 0 saturated carbocycles. The topological polar surface area (TPSA) is 54.5 Å². The first-order chi connectivity index (χ1) is 12.5. The number of likely N-dealkylation sites (tertiary alicyclic amines) is 1.